The van der Waals surface area contributed by atoms with Gasteiger partial charge in [0.25, 0.3) is 0 Å². The highest BCUT2D eigenvalue weighted by molar-refractivity contribution is 5.70. The van der Waals surface area contributed by atoms with Gasteiger partial charge in [-0.3, -0.25) is 9.53 Å². The van der Waals surface area contributed by atoms with E-state index in [2.05, 4.69) is 10.1 Å². The van der Waals surface area contributed by atoms with Crippen LogP contribution in [0, 0.1) is 5.92 Å². The van der Waals surface area contributed by atoms with Crippen molar-refractivity contribution in [3.8, 4) is 0 Å². The normalized spacial score (nSPS) is 25.8. The second-order valence-electron chi connectivity index (χ2n) is 4.15. The molecule has 100 valence electrons. The van der Waals surface area contributed by atoms with E-state index in [9.17, 15) is 18.0 Å². The molecular weight excluding hydrogens is 239 g/mol. The first kappa shape index (κ1) is 14.2. The van der Waals surface area contributed by atoms with Gasteiger partial charge in [-0.05, 0) is 19.3 Å². The van der Waals surface area contributed by atoms with Crippen LogP contribution in [0.15, 0.2) is 0 Å². The molecule has 1 aliphatic carbocycles. The minimum Gasteiger partial charge on any atom is -0.481 e. The van der Waals surface area contributed by atoms with Crippen molar-refractivity contribution in [2.45, 2.75) is 38.1 Å². The number of carbonyl (C=O) groups is 1. The number of hydrogen-bond donors (Lipinski definition) is 2. The summed E-state index contributed by atoms with van der Waals surface area (Å²) < 4.78 is 38.6. The zero-order chi connectivity index (χ0) is 12.9. The third-order valence-corrected chi connectivity index (χ3v) is 2.82. The van der Waals surface area contributed by atoms with Crippen LogP contribution in [-0.4, -0.2) is 36.6 Å². The molecule has 0 spiro atoms. The molecule has 0 aromatic carbocycles. The zero-order valence-corrected chi connectivity index (χ0v) is 9.29. The molecule has 7 heteroatoms. The van der Waals surface area contributed by atoms with Crippen LogP contribution in [0.3, 0.4) is 0 Å². The van der Waals surface area contributed by atoms with Crippen LogP contribution in [0.1, 0.15) is 25.7 Å². The topological polar surface area (TPSA) is 58.6 Å². The van der Waals surface area contributed by atoms with Crippen molar-refractivity contribution in [2.24, 2.45) is 5.92 Å². The Morgan fingerprint density at radius 3 is 2.71 bits per heavy atom. The van der Waals surface area contributed by atoms with E-state index in [0.29, 0.717) is 12.8 Å². The fraction of sp³-hybridized carbons (Fsp3) is 0.900. The van der Waals surface area contributed by atoms with Crippen molar-refractivity contribution in [2.75, 3.05) is 13.2 Å². The Labute approximate surface area is 97.1 Å². The van der Waals surface area contributed by atoms with E-state index in [-0.39, 0.29) is 18.5 Å². The van der Waals surface area contributed by atoms with Gasteiger partial charge in [0.1, 0.15) is 0 Å². The first-order valence-corrected chi connectivity index (χ1v) is 5.55. The molecule has 17 heavy (non-hydrogen) atoms. The quantitative estimate of drug-likeness (QED) is 0.735. The number of aliphatic carboxylic acids is 1. The van der Waals surface area contributed by atoms with Gasteiger partial charge in [0, 0.05) is 12.6 Å². The second-order valence-corrected chi connectivity index (χ2v) is 4.15. The van der Waals surface area contributed by atoms with Gasteiger partial charge in [0.2, 0.25) is 0 Å². The number of ether oxygens (including phenoxy) is 1. The van der Waals surface area contributed by atoms with E-state index >= 15 is 0 Å². The zero-order valence-electron chi connectivity index (χ0n) is 9.29. The van der Waals surface area contributed by atoms with E-state index in [1.54, 1.807) is 0 Å². The first-order chi connectivity index (χ1) is 7.88. The third kappa shape index (κ3) is 5.88. The molecule has 1 aliphatic rings. The predicted molar refractivity (Wildman–Crippen MR) is 53.4 cm³/mol. The van der Waals surface area contributed by atoms with Crippen LogP contribution in [0.25, 0.3) is 0 Å². The Kier molecular flexibility index (Phi) is 5.20. The van der Waals surface area contributed by atoms with Gasteiger partial charge in [-0.15, -0.1) is 13.2 Å². The van der Waals surface area contributed by atoms with Gasteiger partial charge in [-0.2, -0.15) is 0 Å². The highest BCUT2D eigenvalue weighted by atomic mass is 19.4. The highest BCUT2D eigenvalue weighted by Gasteiger charge is 2.29. The first-order valence-electron chi connectivity index (χ1n) is 5.55. The Morgan fingerprint density at radius 2 is 2.12 bits per heavy atom. The van der Waals surface area contributed by atoms with E-state index < -0.39 is 18.9 Å². The Hall–Kier alpha value is -0.820. The van der Waals surface area contributed by atoms with Gasteiger partial charge >= 0.3 is 12.3 Å². The van der Waals surface area contributed by atoms with Crippen LogP contribution in [0.4, 0.5) is 13.2 Å². The lowest BCUT2D eigenvalue weighted by atomic mass is 9.86. The van der Waals surface area contributed by atoms with Crippen LogP contribution >= 0.6 is 0 Å². The third-order valence-electron chi connectivity index (χ3n) is 2.82. The maximum absolute atomic E-state index is 11.7. The molecule has 1 saturated carbocycles. The van der Waals surface area contributed by atoms with Crippen molar-refractivity contribution in [1.82, 2.24) is 5.32 Å². The highest BCUT2D eigenvalue weighted by Crippen LogP contribution is 2.24. The molecule has 0 radical (unpaired) electrons. The van der Waals surface area contributed by atoms with Crippen LogP contribution in [0.5, 0.6) is 0 Å². The number of hydrogen-bond acceptors (Lipinski definition) is 3. The largest absolute Gasteiger partial charge is 0.522 e. The molecule has 0 aliphatic heterocycles. The summed E-state index contributed by atoms with van der Waals surface area (Å²) in [5.74, 6) is -1.21. The molecule has 4 nitrogen and oxygen atoms in total. The van der Waals surface area contributed by atoms with E-state index in [0.717, 1.165) is 12.8 Å². The second kappa shape index (κ2) is 6.20. The summed E-state index contributed by atoms with van der Waals surface area (Å²) in [5, 5.41) is 11.7. The number of carboxylic acids is 1. The SMILES string of the molecule is O=C(O)C1CCCC(NCCOC(F)(F)F)C1. The molecule has 0 bridgehead atoms. The molecule has 1 fully saturated rings. The average molecular weight is 255 g/mol. The fourth-order valence-corrected chi connectivity index (χ4v) is 2.03. The lowest BCUT2D eigenvalue weighted by molar-refractivity contribution is -0.323. The monoisotopic (exact) mass is 255 g/mol. The number of halogens is 3. The van der Waals surface area contributed by atoms with Gasteiger partial charge in [-0.1, -0.05) is 6.42 Å². The number of carboxylic acid groups (broad SMARTS) is 1. The summed E-state index contributed by atoms with van der Waals surface area (Å²) in [5.41, 5.74) is 0. The van der Waals surface area contributed by atoms with Gasteiger partial charge in [0.15, 0.2) is 0 Å². The van der Waals surface area contributed by atoms with Gasteiger partial charge < -0.3 is 10.4 Å². The van der Waals surface area contributed by atoms with Gasteiger partial charge in [0.05, 0.1) is 12.5 Å². The molecule has 0 heterocycles. The average Bonchev–Trinajstić information content (AvgIpc) is 2.23. The molecule has 0 saturated heterocycles. The maximum Gasteiger partial charge on any atom is 0.522 e. The minimum absolute atomic E-state index is 0.0262. The van der Waals surface area contributed by atoms with Crippen molar-refractivity contribution in [1.29, 1.82) is 0 Å². The summed E-state index contributed by atoms with van der Waals surface area (Å²) in [6.45, 7) is -0.367. The Morgan fingerprint density at radius 1 is 1.41 bits per heavy atom. The van der Waals surface area contributed by atoms with E-state index in [1.165, 1.54) is 0 Å². The van der Waals surface area contributed by atoms with Crippen LogP contribution in [-0.2, 0) is 9.53 Å². The molecule has 1 rings (SSSR count). The lowest BCUT2D eigenvalue weighted by Gasteiger charge is -2.27. The number of nitrogens with one attached hydrogen (secondary N) is 1. The minimum atomic E-state index is -4.60. The van der Waals surface area contributed by atoms with Crippen LogP contribution in [0.2, 0.25) is 0 Å². The van der Waals surface area contributed by atoms with Gasteiger partial charge in [-0.25, -0.2) is 0 Å². The van der Waals surface area contributed by atoms with E-state index in [1.807, 2.05) is 0 Å². The van der Waals surface area contributed by atoms with Crippen molar-refractivity contribution in [3.05, 3.63) is 0 Å². The molecule has 0 aromatic heterocycles. The van der Waals surface area contributed by atoms with E-state index in [4.69, 9.17) is 5.11 Å². The lowest BCUT2D eigenvalue weighted by Crippen LogP contribution is -2.38. The number of alkyl halides is 3. The molecule has 2 unspecified atom stereocenters. The smallest absolute Gasteiger partial charge is 0.481 e. The van der Waals surface area contributed by atoms with Crippen LogP contribution < -0.4 is 5.32 Å². The molecule has 2 atom stereocenters. The fourth-order valence-electron chi connectivity index (χ4n) is 2.03. The summed E-state index contributed by atoms with van der Waals surface area (Å²) >= 11 is 0. The standard InChI is InChI=1S/C10H16F3NO3/c11-10(12,13)17-5-4-14-8-3-1-2-7(6-8)9(15)16/h7-8,14H,1-6H2,(H,15,16). The molecule has 0 aromatic rings. The summed E-state index contributed by atoms with van der Waals surface area (Å²) in [6.07, 6.45) is -1.89. The molecular formula is C10H16F3NO3. The Balaban J connectivity index is 2.17. The van der Waals surface area contributed by atoms with Crippen molar-refractivity contribution >= 4 is 5.97 Å². The maximum atomic E-state index is 11.7. The summed E-state index contributed by atoms with van der Waals surface area (Å²) in [4.78, 5) is 10.8. The van der Waals surface area contributed by atoms with Crippen molar-refractivity contribution < 1.29 is 27.8 Å². The number of rotatable bonds is 5. The molecule has 0 amide bonds. The Bertz CT molecular complexity index is 258. The summed E-state index contributed by atoms with van der Waals surface area (Å²) in [7, 11) is 0. The molecule has 2 N–H and O–H groups in total. The summed E-state index contributed by atoms with van der Waals surface area (Å²) in [6, 6.07) is -0.0262. The van der Waals surface area contributed by atoms with Crippen molar-refractivity contribution in [3.63, 3.8) is 0 Å². The predicted octanol–water partition coefficient (Wildman–Crippen LogP) is 1.76.